The van der Waals surface area contributed by atoms with Gasteiger partial charge in [0.05, 0.1) is 12.6 Å². The van der Waals surface area contributed by atoms with Crippen LogP contribution in [0.3, 0.4) is 0 Å². The molecule has 1 unspecified atom stereocenters. The molecule has 0 aromatic carbocycles. The van der Waals surface area contributed by atoms with Gasteiger partial charge in [-0.3, -0.25) is 4.79 Å². The second-order valence-corrected chi connectivity index (χ2v) is 3.64. The summed E-state index contributed by atoms with van der Waals surface area (Å²) in [4.78, 5) is 11.3. The number of rotatable bonds is 8. The average Bonchev–Trinajstić information content (AvgIpc) is 2.17. The minimum Gasteiger partial charge on any atom is -0.383 e. The summed E-state index contributed by atoms with van der Waals surface area (Å²) in [5.41, 5.74) is 0. The molecule has 0 radical (unpaired) electrons. The van der Waals surface area contributed by atoms with Crippen LogP contribution >= 0.6 is 11.6 Å². The van der Waals surface area contributed by atoms with E-state index in [1.807, 2.05) is 0 Å². The van der Waals surface area contributed by atoms with Crippen LogP contribution < -0.4 is 5.32 Å². The minimum atomic E-state index is -0.0595. The maximum atomic E-state index is 11.3. The molecule has 0 heterocycles. The van der Waals surface area contributed by atoms with Crippen LogP contribution in [0.5, 0.6) is 0 Å². The van der Waals surface area contributed by atoms with Gasteiger partial charge in [0.2, 0.25) is 5.91 Å². The first-order chi connectivity index (χ1) is 6.74. The highest BCUT2D eigenvalue weighted by Crippen LogP contribution is 1.99. The van der Waals surface area contributed by atoms with E-state index >= 15 is 0 Å². The molecule has 0 aromatic heterocycles. The zero-order chi connectivity index (χ0) is 10.8. The number of ether oxygens (including phenoxy) is 1. The lowest BCUT2D eigenvalue weighted by molar-refractivity contribution is -0.122. The topological polar surface area (TPSA) is 38.3 Å². The molecule has 0 aliphatic heterocycles. The van der Waals surface area contributed by atoms with Crippen molar-refractivity contribution >= 4 is 17.5 Å². The molecule has 0 aliphatic carbocycles. The third kappa shape index (κ3) is 7.15. The first-order valence-electron chi connectivity index (χ1n) is 5.08. The van der Waals surface area contributed by atoms with Gasteiger partial charge in [-0.2, -0.15) is 0 Å². The number of alkyl halides is 1. The normalized spacial score (nSPS) is 12.5. The first kappa shape index (κ1) is 13.7. The minimum absolute atomic E-state index is 0.0595. The summed E-state index contributed by atoms with van der Waals surface area (Å²) in [5.74, 6) is 0.467. The maximum Gasteiger partial charge on any atom is 0.220 e. The molecule has 84 valence electrons. The van der Waals surface area contributed by atoms with E-state index in [1.165, 1.54) is 0 Å². The van der Waals surface area contributed by atoms with Crippen molar-refractivity contribution in [2.75, 3.05) is 19.6 Å². The van der Waals surface area contributed by atoms with E-state index < -0.39 is 0 Å². The summed E-state index contributed by atoms with van der Waals surface area (Å²) >= 11 is 5.66. The summed E-state index contributed by atoms with van der Waals surface area (Å²) in [7, 11) is 1.60. The summed E-state index contributed by atoms with van der Waals surface area (Å²) < 4.78 is 4.92. The predicted molar refractivity (Wildman–Crippen MR) is 58.7 cm³/mol. The maximum absolute atomic E-state index is 11.3. The lowest BCUT2D eigenvalue weighted by Gasteiger charge is -2.14. The number of hydrogen-bond donors (Lipinski definition) is 1. The Labute approximate surface area is 91.2 Å². The number of carbonyl (C=O) groups is 1. The highest BCUT2D eigenvalue weighted by Gasteiger charge is 2.09. The van der Waals surface area contributed by atoms with Crippen LogP contribution in [0.15, 0.2) is 0 Å². The molecule has 1 amide bonds. The molecule has 0 aromatic rings. The molecule has 1 atom stereocenters. The molecule has 0 spiro atoms. The number of carbonyl (C=O) groups excluding carboxylic acids is 1. The second-order valence-electron chi connectivity index (χ2n) is 3.33. The third-order valence-electron chi connectivity index (χ3n) is 1.93. The Morgan fingerprint density at radius 2 is 2.21 bits per heavy atom. The largest absolute Gasteiger partial charge is 0.383 e. The molecule has 0 rings (SSSR count). The Hall–Kier alpha value is -0.280. The van der Waals surface area contributed by atoms with Gasteiger partial charge in [0.1, 0.15) is 0 Å². The van der Waals surface area contributed by atoms with Gasteiger partial charge in [0.15, 0.2) is 0 Å². The van der Waals surface area contributed by atoms with Crippen LogP contribution in [-0.2, 0) is 9.53 Å². The van der Waals surface area contributed by atoms with E-state index in [4.69, 9.17) is 16.3 Å². The van der Waals surface area contributed by atoms with Gasteiger partial charge in [-0.25, -0.2) is 0 Å². The van der Waals surface area contributed by atoms with Crippen molar-refractivity contribution in [1.29, 1.82) is 0 Å². The van der Waals surface area contributed by atoms with Crippen molar-refractivity contribution in [3.63, 3.8) is 0 Å². The Balaban J connectivity index is 3.56. The van der Waals surface area contributed by atoms with Crippen molar-refractivity contribution in [2.24, 2.45) is 0 Å². The Bertz CT molecular complexity index is 153. The lowest BCUT2D eigenvalue weighted by atomic mass is 10.2. The highest BCUT2D eigenvalue weighted by atomic mass is 35.5. The molecule has 0 saturated heterocycles. The molecule has 0 saturated carbocycles. The van der Waals surface area contributed by atoms with E-state index in [9.17, 15) is 4.79 Å². The molecular formula is C10H20ClNO2. The first-order valence-corrected chi connectivity index (χ1v) is 5.62. The van der Waals surface area contributed by atoms with Crippen LogP contribution in [0.1, 0.15) is 32.6 Å². The summed E-state index contributed by atoms with van der Waals surface area (Å²) in [6.45, 7) is 2.59. The van der Waals surface area contributed by atoms with Gasteiger partial charge in [-0.15, -0.1) is 11.6 Å². The highest BCUT2D eigenvalue weighted by molar-refractivity contribution is 6.18. The number of methoxy groups -OCH3 is 1. The predicted octanol–water partition coefficient (Wildman–Crippen LogP) is 1.94. The zero-order valence-corrected chi connectivity index (χ0v) is 9.77. The van der Waals surface area contributed by atoms with Crippen molar-refractivity contribution in [3.8, 4) is 0 Å². The third-order valence-corrected chi connectivity index (χ3v) is 2.30. The van der Waals surface area contributed by atoms with Crippen molar-refractivity contribution in [2.45, 2.75) is 38.6 Å². The van der Waals surface area contributed by atoms with Crippen LogP contribution in [0.25, 0.3) is 0 Å². The molecule has 0 fully saturated rings. The molecule has 0 bridgehead atoms. The van der Waals surface area contributed by atoms with Gasteiger partial charge in [-0.1, -0.05) is 19.8 Å². The quantitative estimate of drug-likeness (QED) is 0.503. The monoisotopic (exact) mass is 221 g/mol. The number of hydrogen-bond acceptors (Lipinski definition) is 2. The number of amides is 1. The van der Waals surface area contributed by atoms with Gasteiger partial charge in [0, 0.05) is 19.4 Å². The Morgan fingerprint density at radius 3 is 2.71 bits per heavy atom. The van der Waals surface area contributed by atoms with Crippen LogP contribution in [-0.4, -0.2) is 31.5 Å². The Kier molecular flexibility index (Phi) is 9.10. The van der Waals surface area contributed by atoms with Crippen LogP contribution in [0.4, 0.5) is 0 Å². The smallest absolute Gasteiger partial charge is 0.220 e. The van der Waals surface area contributed by atoms with Crippen molar-refractivity contribution < 1.29 is 9.53 Å². The summed E-state index contributed by atoms with van der Waals surface area (Å²) in [6.07, 6.45) is 3.77. The summed E-state index contributed by atoms with van der Waals surface area (Å²) in [5, 5.41) is 2.83. The molecule has 1 N–H and O–H groups in total. The lowest BCUT2D eigenvalue weighted by Crippen LogP contribution is -2.39. The molecule has 14 heavy (non-hydrogen) atoms. The van der Waals surface area contributed by atoms with E-state index in [2.05, 4.69) is 12.2 Å². The van der Waals surface area contributed by atoms with Crippen molar-refractivity contribution in [3.05, 3.63) is 0 Å². The van der Waals surface area contributed by atoms with E-state index in [-0.39, 0.29) is 11.9 Å². The number of unbranched alkanes of at least 4 members (excludes halogenated alkanes) is 2. The average molecular weight is 222 g/mol. The van der Waals surface area contributed by atoms with Crippen LogP contribution in [0, 0.1) is 0 Å². The summed E-state index contributed by atoms with van der Waals surface area (Å²) in [6, 6.07) is -0.0595. The van der Waals surface area contributed by atoms with Gasteiger partial charge in [-0.05, 0) is 6.42 Å². The SMILES string of the molecule is CCCCCC(=O)NC(CCl)COC. The molecule has 3 nitrogen and oxygen atoms in total. The molecule has 0 aliphatic rings. The molecule has 4 heteroatoms. The number of nitrogens with one attached hydrogen (secondary N) is 1. The zero-order valence-electron chi connectivity index (χ0n) is 9.01. The Morgan fingerprint density at radius 1 is 1.50 bits per heavy atom. The molecular weight excluding hydrogens is 202 g/mol. The fourth-order valence-electron chi connectivity index (χ4n) is 1.16. The fourth-order valence-corrected chi connectivity index (χ4v) is 1.33. The van der Waals surface area contributed by atoms with E-state index in [0.717, 1.165) is 19.3 Å². The second kappa shape index (κ2) is 9.28. The van der Waals surface area contributed by atoms with Crippen LogP contribution in [0.2, 0.25) is 0 Å². The van der Waals surface area contributed by atoms with Gasteiger partial charge >= 0.3 is 0 Å². The standard InChI is InChI=1S/C10H20ClNO2/c1-3-4-5-6-10(13)12-9(7-11)8-14-2/h9H,3-8H2,1-2H3,(H,12,13). The number of halogens is 1. The van der Waals surface area contributed by atoms with Gasteiger partial charge in [0.25, 0.3) is 0 Å². The van der Waals surface area contributed by atoms with E-state index in [0.29, 0.717) is 18.9 Å². The van der Waals surface area contributed by atoms with E-state index in [1.54, 1.807) is 7.11 Å². The van der Waals surface area contributed by atoms with Crippen molar-refractivity contribution in [1.82, 2.24) is 5.32 Å². The van der Waals surface area contributed by atoms with Gasteiger partial charge < -0.3 is 10.1 Å². The fraction of sp³-hybridized carbons (Fsp3) is 0.900.